The number of methoxy groups -OCH3 is 1. The monoisotopic (exact) mass is 514 g/mol. The minimum atomic E-state index is -4.18. The number of halogens is 4. The zero-order valence-electron chi connectivity index (χ0n) is 16.6. The average Bonchev–Trinajstić information content (AvgIpc) is 3.09. The molecule has 1 aromatic rings. The van der Waals surface area contributed by atoms with Crippen LogP contribution in [-0.2, 0) is 0 Å². The predicted molar refractivity (Wildman–Crippen MR) is 117 cm³/mol. The minimum Gasteiger partial charge on any atom is -0.497 e. The maximum Gasteiger partial charge on any atom is 0.401 e. The number of nitrogens with zero attached hydrogens (tertiary/aromatic N) is 3. The summed E-state index contributed by atoms with van der Waals surface area (Å²) in [6.07, 6.45) is -3.16. The summed E-state index contributed by atoms with van der Waals surface area (Å²) in [5.41, 5.74) is 1.26. The number of nitrogens with one attached hydrogen (secondary N) is 1. The van der Waals surface area contributed by atoms with Gasteiger partial charge in [-0.05, 0) is 38.1 Å². The van der Waals surface area contributed by atoms with Crippen molar-refractivity contribution in [2.24, 2.45) is 4.99 Å². The molecule has 1 heterocycles. The van der Waals surface area contributed by atoms with Crippen LogP contribution in [0.5, 0.6) is 5.75 Å². The normalized spacial score (nSPS) is 17.6. The van der Waals surface area contributed by atoms with E-state index >= 15 is 0 Å². The van der Waals surface area contributed by atoms with E-state index in [2.05, 4.69) is 27.3 Å². The van der Waals surface area contributed by atoms with Gasteiger partial charge in [0, 0.05) is 32.1 Å². The highest BCUT2D eigenvalue weighted by Crippen LogP contribution is 2.28. The Morgan fingerprint density at radius 2 is 2.00 bits per heavy atom. The first-order chi connectivity index (χ1) is 12.8. The number of aliphatic imine (C=N–C) groups is 1. The molecule has 2 rings (SSSR count). The van der Waals surface area contributed by atoms with Gasteiger partial charge in [-0.1, -0.05) is 12.1 Å². The first kappa shape index (κ1) is 24.8. The Balaban J connectivity index is 0.00000392. The molecule has 0 amide bonds. The summed E-state index contributed by atoms with van der Waals surface area (Å²) in [6.45, 7) is 4.12. The van der Waals surface area contributed by atoms with Crippen LogP contribution in [0.1, 0.15) is 24.8 Å². The molecule has 1 fully saturated rings. The van der Waals surface area contributed by atoms with Gasteiger partial charge in [0.2, 0.25) is 0 Å². The van der Waals surface area contributed by atoms with E-state index in [-0.39, 0.29) is 30.5 Å². The second-order valence-corrected chi connectivity index (χ2v) is 6.79. The lowest BCUT2D eigenvalue weighted by Crippen LogP contribution is -2.40. The molecule has 1 aromatic carbocycles. The molecule has 160 valence electrons. The molecular weight excluding hydrogens is 484 g/mol. The molecule has 0 aliphatic carbocycles. The van der Waals surface area contributed by atoms with Gasteiger partial charge in [-0.2, -0.15) is 13.2 Å². The third-order valence-corrected chi connectivity index (χ3v) is 4.60. The van der Waals surface area contributed by atoms with Crippen LogP contribution < -0.4 is 10.1 Å². The van der Waals surface area contributed by atoms with Crippen molar-refractivity contribution in [2.75, 3.05) is 53.4 Å². The second-order valence-electron chi connectivity index (χ2n) is 6.79. The standard InChI is InChI=1S/C19H29F3N4O.HI/c1-4-23-18(24-10-12-25(2)14-19(20,21)22)26-11-9-16(13-26)15-5-7-17(27-3)8-6-15;/h5-8,16H,4,9-14H2,1-3H3,(H,23,24);1H. The summed E-state index contributed by atoms with van der Waals surface area (Å²) in [4.78, 5) is 7.95. The van der Waals surface area contributed by atoms with Crippen molar-refractivity contribution in [1.82, 2.24) is 15.1 Å². The van der Waals surface area contributed by atoms with E-state index in [1.807, 2.05) is 19.1 Å². The average molecular weight is 514 g/mol. The second kappa shape index (κ2) is 11.7. The van der Waals surface area contributed by atoms with Gasteiger partial charge in [-0.3, -0.25) is 9.89 Å². The fourth-order valence-electron chi connectivity index (χ4n) is 3.24. The summed E-state index contributed by atoms with van der Waals surface area (Å²) < 4.78 is 42.4. The molecule has 28 heavy (non-hydrogen) atoms. The van der Waals surface area contributed by atoms with Crippen LogP contribution in [0, 0.1) is 0 Å². The van der Waals surface area contributed by atoms with Gasteiger partial charge in [0.25, 0.3) is 0 Å². The number of rotatable bonds is 7. The smallest absolute Gasteiger partial charge is 0.401 e. The van der Waals surface area contributed by atoms with Crippen LogP contribution in [0.4, 0.5) is 13.2 Å². The first-order valence-electron chi connectivity index (χ1n) is 9.25. The van der Waals surface area contributed by atoms with E-state index in [1.54, 1.807) is 7.11 Å². The van der Waals surface area contributed by atoms with Crippen LogP contribution in [0.2, 0.25) is 0 Å². The number of ether oxygens (including phenoxy) is 1. The van der Waals surface area contributed by atoms with E-state index in [0.29, 0.717) is 12.5 Å². The van der Waals surface area contributed by atoms with Crippen molar-refractivity contribution in [2.45, 2.75) is 25.4 Å². The SMILES string of the molecule is CCNC(=NCCN(C)CC(F)(F)F)N1CCC(c2ccc(OC)cc2)C1.I. The van der Waals surface area contributed by atoms with Crippen LogP contribution in [0.15, 0.2) is 29.3 Å². The molecule has 0 radical (unpaired) electrons. The Hall–Kier alpha value is -1.23. The molecule has 1 saturated heterocycles. The van der Waals surface area contributed by atoms with E-state index in [0.717, 1.165) is 37.8 Å². The fourth-order valence-corrected chi connectivity index (χ4v) is 3.24. The molecule has 1 atom stereocenters. The van der Waals surface area contributed by atoms with Crippen LogP contribution in [0.25, 0.3) is 0 Å². The van der Waals surface area contributed by atoms with Crippen LogP contribution in [0.3, 0.4) is 0 Å². The summed E-state index contributed by atoms with van der Waals surface area (Å²) in [5.74, 6) is 2.02. The topological polar surface area (TPSA) is 40.1 Å². The van der Waals surface area contributed by atoms with E-state index in [1.165, 1.54) is 17.5 Å². The molecule has 0 spiro atoms. The van der Waals surface area contributed by atoms with E-state index in [9.17, 15) is 13.2 Å². The summed E-state index contributed by atoms with van der Waals surface area (Å²) in [7, 11) is 3.11. The molecule has 0 saturated carbocycles. The first-order valence-corrected chi connectivity index (χ1v) is 9.25. The van der Waals surface area contributed by atoms with E-state index < -0.39 is 12.7 Å². The Morgan fingerprint density at radius 1 is 1.32 bits per heavy atom. The number of benzene rings is 1. The van der Waals surface area contributed by atoms with Gasteiger partial charge in [-0.25, -0.2) is 0 Å². The lowest BCUT2D eigenvalue weighted by Gasteiger charge is -2.23. The maximum atomic E-state index is 12.4. The summed E-state index contributed by atoms with van der Waals surface area (Å²) in [6, 6.07) is 8.11. The van der Waals surface area contributed by atoms with Gasteiger partial charge in [0.05, 0.1) is 20.2 Å². The Labute approximate surface area is 182 Å². The molecule has 9 heteroatoms. The zero-order valence-corrected chi connectivity index (χ0v) is 19.0. The third-order valence-electron chi connectivity index (χ3n) is 4.60. The minimum absolute atomic E-state index is 0. The van der Waals surface area contributed by atoms with E-state index in [4.69, 9.17) is 4.74 Å². The van der Waals surface area contributed by atoms with Gasteiger partial charge >= 0.3 is 6.18 Å². The highest BCUT2D eigenvalue weighted by molar-refractivity contribution is 14.0. The van der Waals surface area contributed by atoms with Crippen molar-refractivity contribution < 1.29 is 17.9 Å². The van der Waals surface area contributed by atoms with Gasteiger partial charge in [0.15, 0.2) is 5.96 Å². The maximum absolute atomic E-state index is 12.4. The van der Waals surface area contributed by atoms with Crippen molar-refractivity contribution in [3.05, 3.63) is 29.8 Å². The number of likely N-dealkylation sites (tertiary alicyclic amines) is 1. The molecule has 0 bridgehead atoms. The largest absolute Gasteiger partial charge is 0.497 e. The predicted octanol–water partition coefficient (Wildman–Crippen LogP) is 3.56. The summed E-state index contributed by atoms with van der Waals surface area (Å²) >= 11 is 0. The highest BCUT2D eigenvalue weighted by atomic mass is 127. The molecule has 1 aliphatic heterocycles. The summed E-state index contributed by atoms with van der Waals surface area (Å²) in [5, 5.41) is 3.25. The Morgan fingerprint density at radius 3 is 2.57 bits per heavy atom. The number of likely N-dealkylation sites (N-methyl/N-ethyl adjacent to an activating group) is 1. The fraction of sp³-hybridized carbons (Fsp3) is 0.632. The highest BCUT2D eigenvalue weighted by Gasteiger charge is 2.29. The number of guanidine groups is 1. The molecule has 1 aliphatic rings. The zero-order chi connectivity index (χ0) is 19.9. The van der Waals surface area contributed by atoms with Crippen molar-refractivity contribution in [1.29, 1.82) is 0 Å². The van der Waals surface area contributed by atoms with Crippen molar-refractivity contribution in [3.8, 4) is 5.75 Å². The Kier molecular flexibility index (Phi) is 10.4. The molecule has 1 unspecified atom stereocenters. The molecule has 0 aromatic heterocycles. The Bertz CT molecular complexity index is 610. The van der Waals surface area contributed by atoms with Gasteiger partial charge < -0.3 is 15.0 Å². The number of hydrogen-bond acceptors (Lipinski definition) is 3. The van der Waals surface area contributed by atoms with Crippen molar-refractivity contribution in [3.63, 3.8) is 0 Å². The quantitative estimate of drug-likeness (QED) is 0.344. The molecular formula is C19H30F3IN4O. The molecule has 5 nitrogen and oxygen atoms in total. The number of hydrogen-bond donors (Lipinski definition) is 1. The third kappa shape index (κ3) is 8.02. The lowest BCUT2D eigenvalue weighted by atomic mass is 9.98. The number of alkyl halides is 3. The van der Waals surface area contributed by atoms with Crippen LogP contribution in [-0.4, -0.2) is 75.4 Å². The van der Waals surface area contributed by atoms with Gasteiger partial charge in [0.1, 0.15) is 5.75 Å². The molecule has 1 N–H and O–H groups in total. The van der Waals surface area contributed by atoms with Crippen molar-refractivity contribution >= 4 is 29.9 Å². The van der Waals surface area contributed by atoms with Gasteiger partial charge in [-0.15, -0.1) is 24.0 Å². The lowest BCUT2D eigenvalue weighted by molar-refractivity contribution is -0.142. The van der Waals surface area contributed by atoms with Crippen LogP contribution >= 0.6 is 24.0 Å².